The lowest BCUT2D eigenvalue weighted by atomic mass is 10.00. The van der Waals surface area contributed by atoms with Crippen molar-refractivity contribution in [3.63, 3.8) is 0 Å². The lowest BCUT2D eigenvalue weighted by Crippen LogP contribution is -2.12. The number of rotatable bonds is 10. The molecule has 0 fully saturated rings. The molecular weight excluding hydrogens is 298 g/mol. The van der Waals surface area contributed by atoms with E-state index >= 15 is 0 Å². The standard InChI is InChI=1S/C21H27NS/c22-21(23)20-17-11-10-16-19(20)15-9-4-2-1-3-6-12-18-13-7-5-8-14-18/h5,7-8,10-11,13-14,16-17H,1-4,6,9,12,15H2,(H2,22,23). The average molecular weight is 326 g/mol. The maximum Gasteiger partial charge on any atom is 0.104 e. The second-order valence-corrected chi connectivity index (χ2v) is 6.57. The first-order valence-corrected chi connectivity index (χ1v) is 9.10. The molecule has 0 saturated carbocycles. The lowest BCUT2D eigenvalue weighted by molar-refractivity contribution is 0.594. The average Bonchev–Trinajstić information content (AvgIpc) is 2.58. The van der Waals surface area contributed by atoms with Crippen LogP contribution in [0.25, 0.3) is 0 Å². The van der Waals surface area contributed by atoms with Gasteiger partial charge in [0.25, 0.3) is 0 Å². The van der Waals surface area contributed by atoms with E-state index in [9.17, 15) is 0 Å². The molecule has 0 unspecified atom stereocenters. The van der Waals surface area contributed by atoms with Crippen LogP contribution in [-0.2, 0) is 12.8 Å². The number of hydrogen-bond acceptors (Lipinski definition) is 1. The van der Waals surface area contributed by atoms with Gasteiger partial charge in [-0.1, -0.05) is 92.5 Å². The van der Waals surface area contributed by atoms with Gasteiger partial charge in [-0.15, -0.1) is 0 Å². The summed E-state index contributed by atoms with van der Waals surface area (Å²) >= 11 is 5.12. The Morgan fingerprint density at radius 1 is 0.696 bits per heavy atom. The normalized spacial score (nSPS) is 10.6. The Kier molecular flexibility index (Phi) is 7.82. The summed E-state index contributed by atoms with van der Waals surface area (Å²) in [7, 11) is 0. The van der Waals surface area contributed by atoms with Crippen molar-refractivity contribution in [2.75, 3.05) is 0 Å². The molecule has 0 atom stereocenters. The zero-order chi connectivity index (χ0) is 16.3. The fraction of sp³-hybridized carbons (Fsp3) is 0.381. The van der Waals surface area contributed by atoms with Crippen LogP contribution >= 0.6 is 12.2 Å². The number of unbranched alkanes of at least 4 members (excludes halogenated alkanes) is 5. The van der Waals surface area contributed by atoms with Crippen molar-refractivity contribution >= 4 is 17.2 Å². The molecule has 2 rings (SSSR count). The van der Waals surface area contributed by atoms with E-state index in [2.05, 4.69) is 42.5 Å². The molecule has 2 heteroatoms. The van der Waals surface area contributed by atoms with Gasteiger partial charge in [0.15, 0.2) is 0 Å². The Bertz CT molecular complexity index is 592. The quantitative estimate of drug-likeness (QED) is 0.464. The van der Waals surface area contributed by atoms with E-state index < -0.39 is 0 Å². The number of hydrogen-bond donors (Lipinski definition) is 1. The van der Waals surface area contributed by atoms with Crippen molar-refractivity contribution < 1.29 is 0 Å². The largest absolute Gasteiger partial charge is 0.389 e. The molecule has 0 saturated heterocycles. The van der Waals surface area contributed by atoms with Crippen molar-refractivity contribution in [2.24, 2.45) is 5.73 Å². The summed E-state index contributed by atoms with van der Waals surface area (Å²) in [6.45, 7) is 0. The smallest absolute Gasteiger partial charge is 0.104 e. The molecule has 0 aliphatic heterocycles. The molecule has 0 aliphatic carbocycles. The number of nitrogens with two attached hydrogens (primary N) is 1. The summed E-state index contributed by atoms with van der Waals surface area (Å²) in [6, 6.07) is 19.0. The van der Waals surface area contributed by atoms with Crippen LogP contribution in [0.3, 0.4) is 0 Å². The Labute approximate surface area is 145 Å². The van der Waals surface area contributed by atoms with Gasteiger partial charge in [0.2, 0.25) is 0 Å². The van der Waals surface area contributed by atoms with Crippen LogP contribution in [0.1, 0.15) is 55.2 Å². The topological polar surface area (TPSA) is 26.0 Å². The van der Waals surface area contributed by atoms with Crippen LogP contribution in [0.2, 0.25) is 0 Å². The third-order valence-corrected chi connectivity index (χ3v) is 4.51. The van der Waals surface area contributed by atoms with E-state index in [0.29, 0.717) is 4.99 Å². The van der Waals surface area contributed by atoms with E-state index in [1.54, 1.807) is 0 Å². The highest BCUT2D eigenvalue weighted by Gasteiger charge is 2.03. The third-order valence-electron chi connectivity index (χ3n) is 4.29. The van der Waals surface area contributed by atoms with Crippen molar-refractivity contribution in [1.82, 2.24) is 0 Å². The maximum absolute atomic E-state index is 5.78. The van der Waals surface area contributed by atoms with Crippen LogP contribution in [0.5, 0.6) is 0 Å². The molecule has 0 heterocycles. The molecule has 0 aliphatic rings. The Hall–Kier alpha value is -1.67. The number of benzene rings is 2. The van der Waals surface area contributed by atoms with Crippen LogP contribution < -0.4 is 5.73 Å². The molecule has 2 N–H and O–H groups in total. The van der Waals surface area contributed by atoms with Gasteiger partial charge in [-0.25, -0.2) is 0 Å². The molecule has 2 aromatic rings. The van der Waals surface area contributed by atoms with E-state index in [4.69, 9.17) is 18.0 Å². The van der Waals surface area contributed by atoms with Crippen molar-refractivity contribution in [1.29, 1.82) is 0 Å². The first kappa shape index (κ1) is 17.7. The van der Waals surface area contributed by atoms with Gasteiger partial charge < -0.3 is 5.73 Å². The predicted octanol–water partition coefficient (Wildman–Crippen LogP) is 5.45. The van der Waals surface area contributed by atoms with E-state index in [-0.39, 0.29) is 0 Å². The molecule has 0 bridgehead atoms. The highest BCUT2D eigenvalue weighted by molar-refractivity contribution is 7.80. The van der Waals surface area contributed by atoms with Gasteiger partial charge >= 0.3 is 0 Å². The summed E-state index contributed by atoms with van der Waals surface area (Å²) in [5, 5.41) is 0. The molecule has 122 valence electrons. The highest BCUT2D eigenvalue weighted by atomic mass is 32.1. The molecule has 0 radical (unpaired) electrons. The number of aryl methyl sites for hydroxylation is 2. The SMILES string of the molecule is NC(=S)c1ccccc1CCCCCCCCc1ccccc1. The van der Waals surface area contributed by atoms with Crippen molar-refractivity contribution in [2.45, 2.75) is 51.4 Å². The van der Waals surface area contributed by atoms with Crippen LogP contribution in [0.15, 0.2) is 54.6 Å². The Balaban J connectivity index is 1.55. The van der Waals surface area contributed by atoms with Crippen molar-refractivity contribution in [3.05, 3.63) is 71.3 Å². The molecule has 23 heavy (non-hydrogen) atoms. The van der Waals surface area contributed by atoms with Crippen LogP contribution in [0, 0.1) is 0 Å². The van der Waals surface area contributed by atoms with Gasteiger partial charge in [0.05, 0.1) is 0 Å². The van der Waals surface area contributed by atoms with Gasteiger partial charge in [0, 0.05) is 5.56 Å². The molecule has 0 amide bonds. The van der Waals surface area contributed by atoms with Gasteiger partial charge in [-0.05, 0) is 36.8 Å². The zero-order valence-corrected chi connectivity index (χ0v) is 14.7. The molecule has 2 aromatic carbocycles. The highest BCUT2D eigenvalue weighted by Crippen LogP contribution is 2.15. The maximum atomic E-state index is 5.78. The fourth-order valence-corrected chi connectivity index (χ4v) is 3.17. The van der Waals surface area contributed by atoms with Gasteiger partial charge in [0.1, 0.15) is 4.99 Å². The molecule has 0 spiro atoms. The minimum atomic E-state index is 0.515. The van der Waals surface area contributed by atoms with Gasteiger partial charge in [-0.3, -0.25) is 0 Å². The third kappa shape index (κ3) is 6.54. The summed E-state index contributed by atoms with van der Waals surface area (Å²) in [5.41, 5.74) is 9.58. The first-order valence-electron chi connectivity index (χ1n) is 8.69. The number of thiocarbonyl (C=S) groups is 1. The first-order chi connectivity index (χ1) is 11.3. The molecular formula is C21H27NS. The minimum Gasteiger partial charge on any atom is -0.389 e. The Morgan fingerprint density at radius 3 is 1.96 bits per heavy atom. The summed E-state index contributed by atoms with van der Waals surface area (Å²) in [4.78, 5) is 0.515. The van der Waals surface area contributed by atoms with E-state index in [0.717, 1.165) is 12.0 Å². The fourth-order valence-electron chi connectivity index (χ4n) is 2.98. The van der Waals surface area contributed by atoms with E-state index in [1.807, 2.05) is 12.1 Å². The minimum absolute atomic E-state index is 0.515. The second-order valence-electron chi connectivity index (χ2n) is 6.13. The van der Waals surface area contributed by atoms with Gasteiger partial charge in [-0.2, -0.15) is 0 Å². The van der Waals surface area contributed by atoms with Crippen LogP contribution in [-0.4, -0.2) is 4.99 Å². The lowest BCUT2D eigenvalue weighted by Gasteiger charge is -2.08. The monoisotopic (exact) mass is 325 g/mol. The van der Waals surface area contributed by atoms with Crippen LogP contribution in [0.4, 0.5) is 0 Å². The van der Waals surface area contributed by atoms with Crippen molar-refractivity contribution in [3.8, 4) is 0 Å². The summed E-state index contributed by atoms with van der Waals surface area (Å²) < 4.78 is 0. The Morgan fingerprint density at radius 2 is 1.26 bits per heavy atom. The second kappa shape index (κ2) is 10.2. The summed E-state index contributed by atoms with van der Waals surface area (Å²) in [5.74, 6) is 0. The van der Waals surface area contributed by atoms with E-state index in [1.165, 1.54) is 56.1 Å². The summed E-state index contributed by atoms with van der Waals surface area (Å²) in [6.07, 6.45) is 10.1. The molecule has 1 nitrogen and oxygen atoms in total. The zero-order valence-electron chi connectivity index (χ0n) is 13.8. The molecule has 0 aromatic heterocycles. The predicted molar refractivity (Wildman–Crippen MR) is 104 cm³/mol.